The first kappa shape index (κ1) is 15.0. The van der Waals surface area contributed by atoms with Crippen molar-refractivity contribution in [2.45, 2.75) is 23.7 Å². The molecule has 0 fully saturated rings. The second-order valence-corrected chi connectivity index (χ2v) is 5.42. The molecule has 0 spiro atoms. The maximum absolute atomic E-state index is 12.3. The number of rotatable bonds is 4. The third-order valence-corrected chi connectivity index (χ3v) is 3.52. The molecule has 1 rings (SSSR count). The lowest BCUT2D eigenvalue weighted by Crippen LogP contribution is -2.14. The Labute approximate surface area is 108 Å². The molecule has 0 saturated heterocycles. The second kappa shape index (κ2) is 5.75. The Balaban J connectivity index is 2.95. The lowest BCUT2D eigenvalue weighted by Gasteiger charge is -2.07. The number of ether oxygens (including phenoxy) is 1. The largest absolute Gasteiger partial charge is 0.444 e. The van der Waals surface area contributed by atoms with E-state index in [9.17, 15) is 22.0 Å². The number of benzene rings is 1. The van der Waals surface area contributed by atoms with E-state index in [-0.39, 0.29) is 5.56 Å². The van der Waals surface area contributed by atoms with Gasteiger partial charge in [-0.2, -0.15) is 14.0 Å². The van der Waals surface area contributed by atoms with Crippen molar-refractivity contribution in [3.8, 4) is 6.07 Å². The molecule has 0 saturated carbocycles. The van der Waals surface area contributed by atoms with Crippen molar-refractivity contribution in [3.63, 3.8) is 0 Å². The highest BCUT2D eigenvalue weighted by Crippen LogP contribution is 2.19. The number of nitriles is 1. The van der Waals surface area contributed by atoms with E-state index in [1.165, 1.54) is 6.92 Å². The molecule has 1 aromatic carbocycles. The summed E-state index contributed by atoms with van der Waals surface area (Å²) in [5, 5.41) is 8.45. The van der Waals surface area contributed by atoms with Gasteiger partial charge in [-0.1, -0.05) is 0 Å². The Morgan fingerprint density at radius 3 is 2.26 bits per heavy atom. The third kappa shape index (κ3) is 3.48. The fourth-order valence-corrected chi connectivity index (χ4v) is 1.86. The van der Waals surface area contributed by atoms with E-state index in [1.54, 1.807) is 6.07 Å². The Morgan fingerprint density at radius 1 is 1.32 bits per heavy atom. The minimum absolute atomic E-state index is 0.0321. The smallest absolute Gasteiger partial charge is 0.341 e. The molecule has 0 aliphatic heterocycles. The van der Waals surface area contributed by atoms with Crippen LogP contribution in [0.5, 0.6) is 0 Å². The highest BCUT2D eigenvalue weighted by atomic mass is 32.2. The average molecular weight is 289 g/mol. The minimum atomic E-state index is -4.68. The van der Waals surface area contributed by atoms with Gasteiger partial charge in [0.25, 0.3) is 0 Å². The Morgan fingerprint density at radius 2 is 1.84 bits per heavy atom. The van der Waals surface area contributed by atoms with Crippen molar-refractivity contribution in [2.75, 3.05) is 0 Å². The van der Waals surface area contributed by atoms with Crippen LogP contribution in [0.25, 0.3) is 0 Å². The van der Waals surface area contributed by atoms with Crippen LogP contribution in [0.1, 0.15) is 17.3 Å². The summed E-state index contributed by atoms with van der Waals surface area (Å²) in [6.45, 7) is 1.35. The zero-order valence-corrected chi connectivity index (χ0v) is 10.5. The van der Waals surface area contributed by atoms with Gasteiger partial charge in [0.2, 0.25) is 9.84 Å². The van der Waals surface area contributed by atoms with Gasteiger partial charge in [0.15, 0.2) is 6.10 Å². The topological polar surface area (TPSA) is 84.2 Å². The van der Waals surface area contributed by atoms with E-state index in [0.717, 1.165) is 24.3 Å². The summed E-state index contributed by atoms with van der Waals surface area (Å²) in [6, 6.07) is 5.53. The van der Waals surface area contributed by atoms with Gasteiger partial charge >= 0.3 is 11.7 Å². The summed E-state index contributed by atoms with van der Waals surface area (Å²) < 4.78 is 51.4. The Bertz CT molecular complexity index is 605. The van der Waals surface area contributed by atoms with E-state index in [1.807, 2.05) is 0 Å². The summed E-state index contributed by atoms with van der Waals surface area (Å²) in [5.41, 5.74) is -0.0321. The molecule has 0 amide bonds. The number of alkyl halides is 2. The SMILES string of the molecule is C[C@@H](C#N)OC(=O)c1ccc(S(=O)(=O)C(F)F)cc1. The molecule has 0 N–H and O–H groups in total. The maximum Gasteiger partial charge on any atom is 0.341 e. The molecule has 1 aromatic rings. The highest BCUT2D eigenvalue weighted by Gasteiger charge is 2.26. The van der Waals surface area contributed by atoms with E-state index >= 15 is 0 Å². The summed E-state index contributed by atoms with van der Waals surface area (Å²) in [5.74, 6) is -4.36. The molecule has 0 radical (unpaired) electrons. The fourth-order valence-electron chi connectivity index (χ4n) is 1.14. The van der Waals surface area contributed by atoms with Crippen LogP contribution in [0.15, 0.2) is 29.2 Å². The summed E-state index contributed by atoms with van der Waals surface area (Å²) in [7, 11) is -4.68. The summed E-state index contributed by atoms with van der Waals surface area (Å²) in [6.07, 6.45) is -0.961. The molecule has 5 nitrogen and oxygen atoms in total. The van der Waals surface area contributed by atoms with Gasteiger partial charge in [0.1, 0.15) is 6.07 Å². The number of sulfone groups is 1. The summed E-state index contributed by atoms with van der Waals surface area (Å²) >= 11 is 0. The number of halogens is 2. The molecule has 8 heteroatoms. The minimum Gasteiger partial charge on any atom is -0.444 e. The first-order valence-corrected chi connectivity index (χ1v) is 6.56. The number of hydrogen-bond acceptors (Lipinski definition) is 5. The van der Waals surface area contributed by atoms with Gasteiger partial charge in [0, 0.05) is 0 Å². The highest BCUT2D eigenvalue weighted by molar-refractivity contribution is 7.91. The molecule has 0 aliphatic carbocycles. The number of esters is 1. The quantitative estimate of drug-likeness (QED) is 0.788. The molecule has 0 unspecified atom stereocenters. The molecule has 0 aliphatic rings. The molecule has 0 bridgehead atoms. The standard InChI is InChI=1S/C11H9F2NO4S/c1-7(6-14)18-10(15)8-2-4-9(5-3-8)19(16,17)11(12)13/h2-5,7,11H,1H3/t7-/m0/s1. The lowest BCUT2D eigenvalue weighted by molar-refractivity contribution is 0.0435. The average Bonchev–Trinajstić information content (AvgIpc) is 2.38. The van der Waals surface area contributed by atoms with Gasteiger partial charge in [-0.15, -0.1) is 0 Å². The van der Waals surface area contributed by atoms with Gasteiger partial charge in [-0.05, 0) is 31.2 Å². The van der Waals surface area contributed by atoms with Crippen LogP contribution >= 0.6 is 0 Å². The zero-order valence-electron chi connectivity index (χ0n) is 9.71. The van der Waals surface area contributed by atoms with E-state index in [4.69, 9.17) is 5.26 Å². The van der Waals surface area contributed by atoms with Crippen LogP contribution in [-0.4, -0.2) is 26.2 Å². The van der Waals surface area contributed by atoms with Gasteiger partial charge in [0.05, 0.1) is 10.5 Å². The van der Waals surface area contributed by atoms with Crippen molar-refractivity contribution in [1.82, 2.24) is 0 Å². The second-order valence-electron chi connectivity index (χ2n) is 3.51. The van der Waals surface area contributed by atoms with Crippen molar-refractivity contribution in [1.29, 1.82) is 5.26 Å². The van der Waals surface area contributed by atoms with Crippen LogP contribution < -0.4 is 0 Å². The van der Waals surface area contributed by atoms with Crippen LogP contribution in [0.3, 0.4) is 0 Å². The van der Waals surface area contributed by atoms with Crippen LogP contribution in [-0.2, 0) is 14.6 Å². The third-order valence-electron chi connectivity index (χ3n) is 2.12. The van der Waals surface area contributed by atoms with Crippen LogP contribution in [0, 0.1) is 11.3 Å². The first-order valence-electron chi connectivity index (χ1n) is 5.01. The number of hydrogen-bond donors (Lipinski definition) is 0. The first-order chi connectivity index (χ1) is 8.78. The van der Waals surface area contributed by atoms with Gasteiger partial charge in [-0.25, -0.2) is 13.2 Å². The van der Waals surface area contributed by atoms with Crippen molar-refractivity contribution in [3.05, 3.63) is 29.8 Å². The maximum atomic E-state index is 12.3. The van der Waals surface area contributed by atoms with Crippen molar-refractivity contribution >= 4 is 15.8 Å². The summed E-state index contributed by atoms with van der Waals surface area (Å²) in [4.78, 5) is 10.8. The normalized spacial score (nSPS) is 12.8. The zero-order chi connectivity index (χ0) is 14.6. The predicted octanol–water partition coefficient (Wildman–Crippen LogP) is 1.75. The number of nitrogens with zero attached hydrogens (tertiary/aromatic N) is 1. The Hall–Kier alpha value is -2.01. The van der Waals surface area contributed by atoms with E-state index in [0.29, 0.717) is 0 Å². The van der Waals surface area contributed by atoms with E-state index in [2.05, 4.69) is 4.74 Å². The monoisotopic (exact) mass is 289 g/mol. The van der Waals surface area contributed by atoms with Crippen LogP contribution in [0.2, 0.25) is 0 Å². The number of carbonyl (C=O) groups excluding carboxylic acids is 1. The van der Waals surface area contributed by atoms with Crippen LogP contribution in [0.4, 0.5) is 8.78 Å². The lowest BCUT2D eigenvalue weighted by atomic mass is 10.2. The van der Waals surface area contributed by atoms with Gasteiger partial charge in [-0.3, -0.25) is 0 Å². The molecular formula is C11H9F2NO4S. The molecule has 19 heavy (non-hydrogen) atoms. The molecule has 0 aromatic heterocycles. The predicted molar refractivity (Wildman–Crippen MR) is 60.1 cm³/mol. The van der Waals surface area contributed by atoms with Crippen molar-refractivity contribution < 1.29 is 26.7 Å². The molecule has 102 valence electrons. The molecular weight excluding hydrogens is 280 g/mol. The van der Waals surface area contributed by atoms with Gasteiger partial charge < -0.3 is 4.74 Å². The van der Waals surface area contributed by atoms with E-state index < -0.39 is 32.6 Å². The fraction of sp³-hybridized carbons (Fsp3) is 0.273. The van der Waals surface area contributed by atoms with Crippen molar-refractivity contribution in [2.24, 2.45) is 0 Å². The molecule has 1 atom stereocenters. The number of carbonyl (C=O) groups is 1. The molecule has 0 heterocycles. The Kier molecular flexibility index (Phi) is 4.56.